The average molecular weight is 448 g/mol. The molecule has 0 aliphatic rings. The van der Waals surface area contributed by atoms with Crippen LogP contribution in [0.4, 0.5) is 0 Å². The number of benzene rings is 2. The molecule has 128 valence electrons. The van der Waals surface area contributed by atoms with Crippen LogP contribution in [0.3, 0.4) is 0 Å². The second kappa shape index (κ2) is 9.69. The lowest BCUT2D eigenvalue weighted by molar-refractivity contribution is 0.0955. The van der Waals surface area contributed by atoms with Gasteiger partial charge in [-0.15, -0.1) is 6.42 Å². The topological polar surface area (TPSA) is 59.9 Å². The number of amides is 1. The first-order chi connectivity index (χ1) is 12.1. The van der Waals surface area contributed by atoms with Crippen LogP contribution in [0.5, 0.6) is 11.5 Å². The minimum absolute atomic E-state index is 0.166. The van der Waals surface area contributed by atoms with E-state index in [2.05, 4.69) is 39.0 Å². The van der Waals surface area contributed by atoms with E-state index in [1.54, 1.807) is 30.3 Å². The molecule has 0 aliphatic heterocycles. The third-order valence-corrected chi connectivity index (χ3v) is 3.78. The molecule has 0 unspecified atom stereocenters. The Morgan fingerprint density at radius 1 is 1.24 bits per heavy atom. The SMILES string of the molecule is C#CCOc1ccc(/C=N\NC(=O)c2ccc(I)cc2)cc1OCC. The number of halogens is 1. The van der Waals surface area contributed by atoms with Gasteiger partial charge >= 0.3 is 0 Å². The lowest BCUT2D eigenvalue weighted by Crippen LogP contribution is -2.17. The number of terminal acetylenes is 1. The van der Waals surface area contributed by atoms with Crippen molar-refractivity contribution in [3.8, 4) is 23.8 Å². The van der Waals surface area contributed by atoms with Crippen molar-refractivity contribution in [2.75, 3.05) is 13.2 Å². The normalized spacial score (nSPS) is 10.3. The fourth-order valence-electron chi connectivity index (χ4n) is 1.94. The number of rotatable bonds is 7. The number of hydrogen-bond donors (Lipinski definition) is 1. The van der Waals surface area contributed by atoms with Gasteiger partial charge in [-0.25, -0.2) is 5.43 Å². The van der Waals surface area contributed by atoms with E-state index in [1.807, 2.05) is 19.1 Å². The van der Waals surface area contributed by atoms with Crippen molar-refractivity contribution < 1.29 is 14.3 Å². The molecule has 0 aliphatic carbocycles. The highest BCUT2D eigenvalue weighted by Gasteiger charge is 2.06. The van der Waals surface area contributed by atoms with Crippen LogP contribution in [0, 0.1) is 15.9 Å². The summed E-state index contributed by atoms with van der Waals surface area (Å²) in [6.07, 6.45) is 6.74. The van der Waals surface area contributed by atoms with Crippen LogP contribution in [0.2, 0.25) is 0 Å². The Bertz CT molecular complexity index is 795. The van der Waals surface area contributed by atoms with E-state index < -0.39 is 0 Å². The molecular formula is C19H17IN2O3. The Balaban J connectivity index is 2.04. The molecule has 6 heteroatoms. The highest BCUT2D eigenvalue weighted by atomic mass is 127. The first-order valence-electron chi connectivity index (χ1n) is 7.56. The van der Waals surface area contributed by atoms with Gasteiger partial charge in [0.1, 0.15) is 6.61 Å². The smallest absolute Gasteiger partial charge is 0.271 e. The largest absolute Gasteiger partial charge is 0.490 e. The summed E-state index contributed by atoms with van der Waals surface area (Å²) >= 11 is 2.18. The predicted molar refractivity (Wildman–Crippen MR) is 106 cm³/mol. The number of hydrogen-bond acceptors (Lipinski definition) is 4. The average Bonchev–Trinajstić information content (AvgIpc) is 2.62. The molecule has 2 aromatic rings. The van der Waals surface area contributed by atoms with E-state index in [1.165, 1.54) is 6.21 Å². The summed E-state index contributed by atoms with van der Waals surface area (Å²) in [6.45, 7) is 2.54. The van der Waals surface area contributed by atoms with Crippen LogP contribution in [0.25, 0.3) is 0 Å². The maximum atomic E-state index is 12.0. The fourth-order valence-corrected chi connectivity index (χ4v) is 2.30. The van der Waals surface area contributed by atoms with Gasteiger partial charge in [0.2, 0.25) is 0 Å². The van der Waals surface area contributed by atoms with E-state index in [0.717, 1.165) is 9.13 Å². The van der Waals surface area contributed by atoms with E-state index in [4.69, 9.17) is 15.9 Å². The molecular weight excluding hydrogens is 431 g/mol. The summed E-state index contributed by atoms with van der Waals surface area (Å²) in [5.41, 5.74) is 3.81. The van der Waals surface area contributed by atoms with Crippen molar-refractivity contribution in [3.05, 3.63) is 57.2 Å². The summed E-state index contributed by atoms with van der Waals surface area (Å²) in [6, 6.07) is 12.6. The summed E-state index contributed by atoms with van der Waals surface area (Å²) in [5.74, 6) is 3.29. The van der Waals surface area contributed by atoms with Gasteiger partial charge in [-0.1, -0.05) is 5.92 Å². The predicted octanol–water partition coefficient (Wildman–Crippen LogP) is 3.47. The molecule has 2 aromatic carbocycles. The van der Waals surface area contributed by atoms with Gasteiger partial charge < -0.3 is 9.47 Å². The second-order valence-electron chi connectivity index (χ2n) is 4.84. The molecule has 0 spiro atoms. The lowest BCUT2D eigenvalue weighted by Gasteiger charge is -2.10. The maximum absolute atomic E-state index is 12.0. The molecule has 1 amide bonds. The highest BCUT2D eigenvalue weighted by molar-refractivity contribution is 14.1. The third kappa shape index (κ3) is 5.80. The highest BCUT2D eigenvalue weighted by Crippen LogP contribution is 2.27. The maximum Gasteiger partial charge on any atom is 0.271 e. The Hall–Kier alpha value is -2.53. The zero-order valence-electron chi connectivity index (χ0n) is 13.7. The Morgan fingerprint density at radius 3 is 2.68 bits per heavy atom. The van der Waals surface area contributed by atoms with Crippen LogP contribution in [-0.4, -0.2) is 25.3 Å². The third-order valence-electron chi connectivity index (χ3n) is 3.06. The lowest BCUT2D eigenvalue weighted by atomic mass is 10.2. The van der Waals surface area contributed by atoms with Crippen LogP contribution >= 0.6 is 22.6 Å². The van der Waals surface area contributed by atoms with Gasteiger partial charge in [0.15, 0.2) is 11.5 Å². The first-order valence-corrected chi connectivity index (χ1v) is 8.64. The number of nitrogens with zero attached hydrogens (tertiary/aromatic N) is 1. The number of carbonyl (C=O) groups is 1. The van der Waals surface area contributed by atoms with Gasteiger partial charge in [0, 0.05) is 9.13 Å². The minimum Gasteiger partial charge on any atom is -0.490 e. The molecule has 5 nitrogen and oxygen atoms in total. The standard InChI is InChI=1S/C19H17IN2O3/c1-3-11-25-17-10-5-14(12-18(17)24-4-2)13-21-22-19(23)15-6-8-16(20)9-7-15/h1,5-10,12-13H,4,11H2,2H3,(H,22,23)/b21-13-. The van der Waals surface area contributed by atoms with Gasteiger partial charge in [-0.05, 0) is 77.5 Å². The molecule has 25 heavy (non-hydrogen) atoms. The van der Waals surface area contributed by atoms with Crippen molar-refractivity contribution in [2.45, 2.75) is 6.92 Å². The molecule has 0 fully saturated rings. The van der Waals surface area contributed by atoms with Gasteiger partial charge in [-0.2, -0.15) is 5.10 Å². The molecule has 2 rings (SSSR count). The first kappa shape index (κ1) is 18.8. The van der Waals surface area contributed by atoms with Crippen LogP contribution in [0.15, 0.2) is 47.6 Å². The summed E-state index contributed by atoms with van der Waals surface area (Å²) in [5, 5.41) is 3.98. The Kier molecular flexibility index (Phi) is 7.29. The van der Waals surface area contributed by atoms with Gasteiger partial charge in [-0.3, -0.25) is 4.79 Å². The van der Waals surface area contributed by atoms with E-state index in [-0.39, 0.29) is 12.5 Å². The quantitative estimate of drug-likeness (QED) is 0.306. The zero-order chi connectivity index (χ0) is 18.1. The second-order valence-corrected chi connectivity index (χ2v) is 6.08. The summed E-state index contributed by atoms with van der Waals surface area (Å²) in [4.78, 5) is 12.0. The van der Waals surface area contributed by atoms with E-state index in [0.29, 0.717) is 23.7 Å². The number of nitrogens with one attached hydrogen (secondary N) is 1. The molecule has 0 bridgehead atoms. The van der Waals surface area contributed by atoms with Crippen molar-refractivity contribution in [1.29, 1.82) is 0 Å². The van der Waals surface area contributed by atoms with Crippen molar-refractivity contribution in [2.24, 2.45) is 5.10 Å². The number of hydrazone groups is 1. The summed E-state index contributed by atoms with van der Waals surface area (Å²) < 4.78 is 12.0. The Labute approximate surface area is 160 Å². The molecule has 0 saturated carbocycles. The Morgan fingerprint density at radius 2 is 2.00 bits per heavy atom. The van der Waals surface area contributed by atoms with E-state index in [9.17, 15) is 4.79 Å². The van der Waals surface area contributed by atoms with Crippen molar-refractivity contribution >= 4 is 34.7 Å². The zero-order valence-corrected chi connectivity index (χ0v) is 15.8. The van der Waals surface area contributed by atoms with Crippen molar-refractivity contribution in [3.63, 3.8) is 0 Å². The number of carbonyl (C=O) groups excluding carboxylic acids is 1. The van der Waals surface area contributed by atoms with Crippen LogP contribution in [-0.2, 0) is 0 Å². The van der Waals surface area contributed by atoms with Crippen LogP contribution < -0.4 is 14.9 Å². The van der Waals surface area contributed by atoms with Crippen molar-refractivity contribution in [1.82, 2.24) is 5.43 Å². The summed E-state index contributed by atoms with van der Waals surface area (Å²) in [7, 11) is 0. The van der Waals surface area contributed by atoms with Crippen LogP contribution in [0.1, 0.15) is 22.8 Å². The molecule has 0 aromatic heterocycles. The molecule has 0 atom stereocenters. The van der Waals surface area contributed by atoms with Gasteiger partial charge in [0.05, 0.1) is 12.8 Å². The molecule has 0 radical (unpaired) electrons. The fraction of sp³-hybridized carbons (Fsp3) is 0.158. The monoisotopic (exact) mass is 448 g/mol. The molecule has 0 heterocycles. The molecule has 1 N–H and O–H groups in total. The van der Waals surface area contributed by atoms with Gasteiger partial charge in [0.25, 0.3) is 5.91 Å². The minimum atomic E-state index is -0.272. The molecule has 0 saturated heterocycles. The number of ether oxygens (including phenoxy) is 2. The van der Waals surface area contributed by atoms with E-state index >= 15 is 0 Å².